The second-order valence-electron chi connectivity index (χ2n) is 3.28. The summed E-state index contributed by atoms with van der Waals surface area (Å²) < 4.78 is 0. The Hall–Kier alpha value is -1.04. The smallest absolute Gasteiger partial charge is 0.326 e. The summed E-state index contributed by atoms with van der Waals surface area (Å²) in [4.78, 5) is 24.6. The van der Waals surface area contributed by atoms with Crippen molar-refractivity contribution in [3.8, 4) is 0 Å². The lowest BCUT2D eigenvalue weighted by Gasteiger charge is -2.25. The largest absolute Gasteiger partial charge is 0.327 e. The number of carbonyl (C=O) groups excluding carboxylic acids is 2. The van der Waals surface area contributed by atoms with E-state index in [2.05, 4.69) is 0 Å². The van der Waals surface area contributed by atoms with Gasteiger partial charge >= 0.3 is 5.37 Å². The molecular weight excluding hydrogens is 248 g/mol. The number of halogens is 1. The molecule has 0 spiro atoms. The van der Waals surface area contributed by atoms with Crippen LogP contribution in [0.25, 0.3) is 0 Å². The molecule has 4 nitrogen and oxygen atoms in total. The molecule has 0 aromatic heterocycles. The molecule has 0 unspecified atom stereocenters. The number of carbonyl (C=O) groups is 2. The Kier molecular flexibility index (Phi) is 3.18. The maximum atomic E-state index is 11.6. The summed E-state index contributed by atoms with van der Waals surface area (Å²) in [5.74, 6) is -0.0698. The first-order chi connectivity index (χ1) is 7.63. The van der Waals surface area contributed by atoms with E-state index in [1.807, 2.05) is 12.1 Å². The summed E-state index contributed by atoms with van der Waals surface area (Å²) in [5.41, 5.74) is 6.90. The van der Waals surface area contributed by atoms with Crippen LogP contribution in [0.1, 0.15) is 5.56 Å². The van der Waals surface area contributed by atoms with Gasteiger partial charge in [0.2, 0.25) is 5.91 Å². The Balaban J connectivity index is 2.52. The molecule has 6 heteroatoms. The van der Waals surface area contributed by atoms with Crippen molar-refractivity contribution in [2.45, 2.75) is 11.4 Å². The van der Waals surface area contributed by atoms with Gasteiger partial charge in [0.05, 0.1) is 11.4 Å². The highest BCUT2D eigenvalue weighted by atomic mass is 35.5. The van der Waals surface area contributed by atoms with E-state index in [0.717, 1.165) is 15.4 Å². The lowest BCUT2D eigenvalue weighted by atomic mass is 10.2. The number of hydrogen-bond acceptors (Lipinski definition) is 4. The number of thioether (sulfide) groups is 1. The lowest BCUT2D eigenvalue weighted by Crippen LogP contribution is -2.37. The van der Waals surface area contributed by atoms with E-state index >= 15 is 0 Å². The zero-order chi connectivity index (χ0) is 11.7. The number of fused-ring (bicyclic) bond motifs is 1. The fraction of sp³-hybridized carbons (Fsp3) is 0.200. The van der Waals surface area contributed by atoms with Crippen LogP contribution >= 0.6 is 23.4 Å². The Labute approximate surface area is 102 Å². The molecule has 16 heavy (non-hydrogen) atoms. The first-order valence-corrected chi connectivity index (χ1v) is 5.98. The topological polar surface area (TPSA) is 63.4 Å². The van der Waals surface area contributed by atoms with Crippen LogP contribution in [0.5, 0.6) is 0 Å². The number of anilines is 1. The van der Waals surface area contributed by atoms with Crippen molar-refractivity contribution in [1.29, 1.82) is 0 Å². The van der Waals surface area contributed by atoms with E-state index < -0.39 is 5.37 Å². The standard InChI is InChI=1S/C10H9ClN2O2S/c11-10(15)13-7-3-6(4-12)1-2-8(7)16-5-9(13)14/h1-3H,4-5,12H2. The predicted octanol–water partition coefficient (Wildman–Crippen LogP) is 1.94. The van der Waals surface area contributed by atoms with Crippen LogP contribution in [0.2, 0.25) is 0 Å². The van der Waals surface area contributed by atoms with Crippen molar-refractivity contribution in [1.82, 2.24) is 0 Å². The number of hydrogen-bond donors (Lipinski definition) is 1. The molecule has 1 aliphatic heterocycles. The van der Waals surface area contributed by atoms with E-state index in [9.17, 15) is 9.59 Å². The molecule has 2 rings (SSSR count). The number of benzene rings is 1. The summed E-state index contributed by atoms with van der Waals surface area (Å²) in [6, 6.07) is 5.44. The fourth-order valence-corrected chi connectivity index (χ4v) is 2.57. The number of imide groups is 1. The summed E-state index contributed by atoms with van der Waals surface area (Å²) in [5, 5.41) is -0.777. The molecule has 1 aromatic carbocycles. The number of rotatable bonds is 1. The van der Waals surface area contributed by atoms with E-state index in [1.54, 1.807) is 6.07 Å². The molecule has 84 valence electrons. The van der Waals surface area contributed by atoms with Crippen molar-refractivity contribution >= 4 is 40.3 Å². The first-order valence-electron chi connectivity index (χ1n) is 4.61. The van der Waals surface area contributed by atoms with Crippen molar-refractivity contribution in [2.75, 3.05) is 10.7 Å². The molecule has 1 aromatic rings. The van der Waals surface area contributed by atoms with Gasteiger partial charge in [0, 0.05) is 11.4 Å². The van der Waals surface area contributed by atoms with Gasteiger partial charge in [-0.05, 0) is 29.3 Å². The zero-order valence-corrected chi connectivity index (χ0v) is 9.85. The molecule has 2 N–H and O–H groups in total. The Morgan fingerprint density at radius 1 is 1.56 bits per heavy atom. The summed E-state index contributed by atoms with van der Waals surface area (Å²) >= 11 is 6.79. The molecule has 0 aliphatic carbocycles. The molecular formula is C10H9ClN2O2S. The van der Waals surface area contributed by atoms with Crippen molar-refractivity contribution in [3.63, 3.8) is 0 Å². The molecule has 1 heterocycles. The van der Waals surface area contributed by atoms with Crippen LogP contribution in [0, 0.1) is 0 Å². The van der Waals surface area contributed by atoms with Crippen LogP contribution in [-0.2, 0) is 11.3 Å². The molecule has 1 aliphatic rings. The zero-order valence-electron chi connectivity index (χ0n) is 8.27. The second-order valence-corrected chi connectivity index (χ2v) is 4.62. The van der Waals surface area contributed by atoms with Gasteiger partial charge in [0.1, 0.15) is 0 Å². The van der Waals surface area contributed by atoms with Crippen LogP contribution < -0.4 is 10.6 Å². The molecule has 0 atom stereocenters. The second kappa shape index (κ2) is 4.45. The fourth-order valence-electron chi connectivity index (χ4n) is 1.52. The summed E-state index contributed by atoms with van der Waals surface area (Å²) in [6.07, 6.45) is 0. The van der Waals surface area contributed by atoms with Gasteiger partial charge in [0.25, 0.3) is 0 Å². The van der Waals surface area contributed by atoms with Gasteiger partial charge in [-0.2, -0.15) is 0 Å². The maximum Gasteiger partial charge on any atom is 0.327 e. The summed E-state index contributed by atoms with van der Waals surface area (Å²) in [6.45, 7) is 0.358. The minimum Gasteiger partial charge on any atom is -0.326 e. The van der Waals surface area contributed by atoms with Gasteiger partial charge in [-0.3, -0.25) is 9.59 Å². The van der Waals surface area contributed by atoms with Crippen LogP contribution in [0.3, 0.4) is 0 Å². The predicted molar refractivity (Wildman–Crippen MR) is 63.8 cm³/mol. The molecule has 0 radical (unpaired) electrons. The first kappa shape index (κ1) is 11.4. The number of nitrogens with two attached hydrogens (primary N) is 1. The van der Waals surface area contributed by atoms with Gasteiger partial charge < -0.3 is 5.73 Å². The average Bonchev–Trinajstić information content (AvgIpc) is 2.27. The third-order valence-corrected chi connectivity index (χ3v) is 3.49. The van der Waals surface area contributed by atoms with Crippen molar-refractivity contribution in [2.24, 2.45) is 5.73 Å². The number of amides is 2. The Morgan fingerprint density at radius 2 is 2.31 bits per heavy atom. The monoisotopic (exact) mass is 256 g/mol. The molecule has 0 bridgehead atoms. The van der Waals surface area contributed by atoms with Gasteiger partial charge in [-0.1, -0.05) is 6.07 Å². The van der Waals surface area contributed by atoms with E-state index in [0.29, 0.717) is 12.2 Å². The normalized spacial score (nSPS) is 14.9. The van der Waals surface area contributed by atoms with Crippen molar-refractivity contribution < 1.29 is 9.59 Å². The van der Waals surface area contributed by atoms with E-state index in [-0.39, 0.29) is 11.7 Å². The molecule has 0 fully saturated rings. The SMILES string of the molecule is NCc1ccc2c(c1)N(C(=O)Cl)C(=O)CS2. The molecule has 2 amide bonds. The highest BCUT2D eigenvalue weighted by Gasteiger charge is 2.29. The van der Waals surface area contributed by atoms with Crippen LogP contribution in [0.15, 0.2) is 23.1 Å². The van der Waals surface area contributed by atoms with Crippen molar-refractivity contribution in [3.05, 3.63) is 23.8 Å². The minimum absolute atomic E-state index is 0.230. The maximum absolute atomic E-state index is 11.6. The average molecular weight is 257 g/mol. The van der Waals surface area contributed by atoms with Crippen LogP contribution in [-0.4, -0.2) is 17.0 Å². The Morgan fingerprint density at radius 3 is 2.94 bits per heavy atom. The Bertz CT molecular complexity index is 464. The molecule has 0 saturated carbocycles. The van der Waals surface area contributed by atoms with Gasteiger partial charge in [-0.15, -0.1) is 11.8 Å². The summed E-state index contributed by atoms with van der Waals surface area (Å²) in [7, 11) is 0. The van der Waals surface area contributed by atoms with E-state index in [4.69, 9.17) is 17.3 Å². The highest BCUT2D eigenvalue weighted by molar-refractivity contribution is 8.00. The minimum atomic E-state index is -0.777. The van der Waals surface area contributed by atoms with Crippen LogP contribution in [0.4, 0.5) is 10.5 Å². The quantitative estimate of drug-likeness (QED) is 0.616. The lowest BCUT2D eigenvalue weighted by molar-refractivity contribution is -0.115. The third kappa shape index (κ3) is 1.93. The number of nitrogens with zero attached hydrogens (tertiary/aromatic N) is 1. The van der Waals surface area contributed by atoms with Gasteiger partial charge in [0.15, 0.2) is 0 Å². The third-order valence-electron chi connectivity index (χ3n) is 2.28. The van der Waals surface area contributed by atoms with Gasteiger partial charge in [-0.25, -0.2) is 4.90 Å². The molecule has 0 saturated heterocycles. The van der Waals surface area contributed by atoms with E-state index in [1.165, 1.54) is 11.8 Å². The highest BCUT2D eigenvalue weighted by Crippen LogP contribution is 2.36.